The van der Waals surface area contributed by atoms with Gasteiger partial charge in [0, 0.05) is 18.4 Å². The molecule has 0 aliphatic heterocycles. The molecule has 0 unspecified atom stereocenters. The van der Waals surface area contributed by atoms with Gasteiger partial charge in [-0.15, -0.1) is 0 Å². The number of methoxy groups -OCH3 is 1. The Balaban J connectivity index is 1.83. The van der Waals surface area contributed by atoms with Gasteiger partial charge in [0.05, 0.1) is 22.9 Å². The van der Waals surface area contributed by atoms with E-state index in [1.54, 1.807) is 29.0 Å². The van der Waals surface area contributed by atoms with Gasteiger partial charge in [-0.1, -0.05) is 23.8 Å². The SMILES string of the molecule is COc1nccc2c1cc(C(=O)NS(=O)(=O)c1cccc(N)c1)n2Cc1c(C)cc(C)cc1C. The maximum Gasteiger partial charge on any atom is 0.281 e. The molecule has 3 N–H and O–H groups in total. The highest BCUT2D eigenvalue weighted by molar-refractivity contribution is 7.90. The molecule has 0 atom stereocenters. The molecule has 0 saturated carbocycles. The lowest BCUT2D eigenvalue weighted by Crippen LogP contribution is -2.32. The molecule has 0 bridgehead atoms. The van der Waals surface area contributed by atoms with Crippen molar-refractivity contribution in [3.05, 3.63) is 82.7 Å². The predicted molar refractivity (Wildman–Crippen MR) is 132 cm³/mol. The standard InChI is InChI=1S/C25H26N4O4S/c1-15-10-16(2)21(17(3)11-15)14-29-22-8-9-27-25(33-4)20(22)13-23(29)24(30)28-34(31,32)19-7-5-6-18(26)12-19/h5-13H,14,26H2,1-4H3,(H,28,30). The van der Waals surface area contributed by atoms with Crippen LogP contribution in [0.1, 0.15) is 32.7 Å². The number of nitrogens with zero attached hydrogens (tertiary/aromatic N) is 2. The number of nitrogen functional groups attached to an aromatic ring is 1. The molecule has 0 fully saturated rings. The summed E-state index contributed by atoms with van der Waals surface area (Å²) in [5.74, 6) is -0.413. The third-order valence-corrected chi connectivity index (χ3v) is 7.10. The molecule has 0 spiro atoms. The number of aromatic nitrogens is 2. The number of nitrogens with one attached hydrogen (secondary N) is 1. The lowest BCUT2D eigenvalue weighted by Gasteiger charge is -2.16. The number of hydrogen-bond acceptors (Lipinski definition) is 6. The molecular formula is C25H26N4O4S. The van der Waals surface area contributed by atoms with Crippen LogP contribution in [-0.2, 0) is 16.6 Å². The van der Waals surface area contributed by atoms with Crippen molar-refractivity contribution in [2.24, 2.45) is 0 Å². The Bertz CT molecular complexity index is 1500. The Hall–Kier alpha value is -3.85. The van der Waals surface area contributed by atoms with Gasteiger partial charge in [0.25, 0.3) is 15.9 Å². The normalized spacial score (nSPS) is 11.5. The number of amides is 1. The zero-order valence-electron chi connectivity index (χ0n) is 19.4. The van der Waals surface area contributed by atoms with E-state index in [0.29, 0.717) is 23.3 Å². The van der Waals surface area contributed by atoms with Crippen LogP contribution in [0.25, 0.3) is 10.9 Å². The van der Waals surface area contributed by atoms with Gasteiger partial charge in [-0.2, -0.15) is 0 Å². The van der Waals surface area contributed by atoms with Crippen LogP contribution in [0.5, 0.6) is 5.88 Å². The average Bonchev–Trinajstić information content (AvgIpc) is 3.14. The number of benzene rings is 2. The second-order valence-electron chi connectivity index (χ2n) is 8.25. The number of anilines is 1. The summed E-state index contributed by atoms with van der Waals surface area (Å²) in [5, 5.41) is 0.610. The number of fused-ring (bicyclic) bond motifs is 1. The minimum atomic E-state index is -4.13. The second-order valence-corrected chi connectivity index (χ2v) is 9.94. The number of aryl methyl sites for hydroxylation is 3. The van der Waals surface area contributed by atoms with E-state index in [2.05, 4.69) is 21.8 Å². The Morgan fingerprint density at radius 1 is 1.09 bits per heavy atom. The summed E-state index contributed by atoms with van der Waals surface area (Å²) in [4.78, 5) is 17.5. The maximum atomic E-state index is 13.3. The van der Waals surface area contributed by atoms with E-state index in [1.165, 1.54) is 25.3 Å². The van der Waals surface area contributed by atoms with E-state index in [4.69, 9.17) is 10.5 Å². The lowest BCUT2D eigenvalue weighted by molar-refractivity contribution is 0.0973. The Morgan fingerprint density at radius 2 is 1.79 bits per heavy atom. The van der Waals surface area contributed by atoms with E-state index in [-0.39, 0.29) is 16.3 Å². The Labute approximate surface area is 198 Å². The van der Waals surface area contributed by atoms with E-state index in [1.807, 2.05) is 20.8 Å². The van der Waals surface area contributed by atoms with Crippen molar-refractivity contribution in [3.8, 4) is 5.88 Å². The molecule has 0 aliphatic rings. The molecule has 0 aliphatic carbocycles. The largest absolute Gasteiger partial charge is 0.481 e. The highest BCUT2D eigenvalue weighted by Gasteiger charge is 2.24. The van der Waals surface area contributed by atoms with Gasteiger partial charge in [-0.25, -0.2) is 18.1 Å². The monoisotopic (exact) mass is 478 g/mol. The minimum absolute atomic E-state index is 0.0898. The van der Waals surface area contributed by atoms with Gasteiger partial charge < -0.3 is 15.0 Å². The van der Waals surface area contributed by atoms with Crippen LogP contribution in [-0.4, -0.2) is 31.0 Å². The van der Waals surface area contributed by atoms with Crippen molar-refractivity contribution >= 4 is 32.5 Å². The van der Waals surface area contributed by atoms with Crippen molar-refractivity contribution < 1.29 is 17.9 Å². The molecule has 1 amide bonds. The molecule has 2 aromatic carbocycles. The minimum Gasteiger partial charge on any atom is -0.481 e. The lowest BCUT2D eigenvalue weighted by atomic mass is 9.99. The average molecular weight is 479 g/mol. The van der Waals surface area contributed by atoms with E-state index in [0.717, 1.165) is 22.3 Å². The fourth-order valence-electron chi connectivity index (χ4n) is 4.21. The highest BCUT2D eigenvalue weighted by Crippen LogP contribution is 2.29. The number of pyridine rings is 1. The summed E-state index contributed by atoms with van der Waals surface area (Å²) in [7, 11) is -2.64. The molecule has 2 aromatic heterocycles. The van der Waals surface area contributed by atoms with Crippen molar-refractivity contribution in [1.82, 2.24) is 14.3 Å². The smallest absolute Gasteiger partial charge is 0.281 e. The Morgan fingerprint density at radius 3 is 2.44 bits per heavy atom. The van der Waals surface area contributed by atoms with Crippen molar-refractivity contribution in [2.45, 2.75) is 32.2 Å². The summed E-state index contributed by atoms with van der Waals surface area (Å²) in [6.07, 6.45) is 1.59. The van der Waals surface area contributed by atoms with E-state index < -0.39 is 15.9 Å². The van der Waals surface area contributed by atoms with Gasteiger partial charge in [0.2, 0.25) is 5.88 Å². The van der Waals surface area contributed by atoms with Crippen LogP contribution in [0, 0.1) is 20.8 Å². The number of sulfonamides is 1. The van der Waals surface area contributed by atoms with Crippen LogP contribution in [0.4, 0.5) is 5.69 Å². The molecule has 0 saturated heterocycles. The van der Waals surface area contributed by atoms with Crippen LogP contribution in [0.3, 0.4) is 0 Å². The summed E-state index contributed by atoms with van der Waals surface area (Å²) in [5.41, 5.74) is 11.2. The van der Waals surface area contributed by atoms with Crippen LogP contribution in [0.2, 0.25) is 0 Å². The first-order valence-electron chi connectivity index (χ1n) is 10.6. The number of hydrogen-bond donors (Lipinski definition) is 2. The summed E-state index contributed by atoms with van der Waals surface area (Å²) in [6.45, 7) is 6.45. The van der Waals surface area contributed by atoms with Crippen molar-refractivity contribution in [1.29, 1.82) is 0 Å². The fraction of sp³-hybridized carbons (Fsp3) is 0.200. The zero-order valence-corrected chi connectivity index (χ0v) is 20.2. The zero-order chi connectivity index (χ0) is 24.6. The Kier molecular flexibility index (Phi) is 6.05. The number of carbonyl (C=O) groups excluding carboxylic acids is 1. The van der Waals surface area contributed by atoms with Crippen molar-refractivity contribution in [2.75, 3.05) is 12.8 Å². The molecule has 8 nitrogen and oxygen atoms in total. The molecular weight excluding hydrogens is 452 g/mol. The van der Waals surface area contributed by atoms with Gasteiger partial charge in [0.1, 0.15) is 5.69 Å². The molecule has 4 rings (SSSR count). The first-order valence-corrected chi connectivity index (χ1v) is 12.1. The summed E-state index contributed by atoms with van der Waals surface area (Å²) >= 11 is 0. The maximum absolute atomic E-state index is 13.3. The van der Waals surface area contributed by atoms with E-state index >= 15 is 0 Å². The highest BCUT2D eigenvalue weighted by atomic mass is 32.2. The number of carbonyl (C=O) groups is 1. The molecule has 4 aromatic rings. The predicted octanol–water partition coefficient (Wildman–Crippen LogP) is 3.72. The topological polar surface area (TPSA) is 116 Å². The molecule has 34 heavy (non-hydrogen) atoms. The molecule has 9 heteroatoms. The molecule has 0 radical (unpaired) electrons. The van der Waals surface area contributed by atoms with Gasteiger partial charge in [-0.05, 0) is 67.8 Å². The third kappa shape index (κ3) is 4.34. The molecule has 176 valence electrons. The third-order valence-electron chi connectivity index (χ3n) is 5.77. The van der Waals surface area contributed by atoms with Crippen LogP contribution in [0.15, 0.2) is 59.6 Å². The quantitative estimate of drug-likeness (QED) is 0.408. The summed E-state index contributed by atoms with van der Waals surface area (Å²) in [6, 6.07) is 13.3. The first kappa shape index (κ1) is 23.3. The molecule has 2 heterocycles. The summed E-state index contributed by atoms with van der Waals surface area (Å²) < 4.78 is 35.1. The van der Waals surface area contributed by atoms with Gasteiger partial charge in [0.15, 0.2) is 0 Å². The van der Waals surface area contributed by atoms with E-state index in [9.17, 15) is 13.2 Å². The second kappa shape index (κ2) is 8.83. The first-order chi connectivity index (χ1) is 16.1. The van der Waals surface area contributed by atoms with Crippen LogP contribution >= 0.6 is 0 Å². The number of ether oxygens (including phenoxy) is 1. The fourth-order valence-corrected chi connectivity index (χ4v) is 5.23. The number of nitrogens with two attached hydrogens (primary N) is 1. The van der Waals surface area contributed by atoms with Gasteiger partial charge in [-0.3, -0.25) is 4.79 Å². The van der Waals surface area contributed by atoms with Crippen LogP contribution < -0.4 is 15.2 Å². The number of rotatable bonds is 6. The van der Waals surface area contributed by atoms with Crippen molar-refractivity contribution in [3.63, 3.8) is 0 Å². The van der Waals surface area contributed by atoms with Gasteiger partial charge >= 0.3 is 0 Å².